The van der Waals surface area contributed by atoms with E-state index in [0.717, 1.165) is 38.0 Å². The van der Waals surface area contributed by atoms with Gasteiger partial charge in [0.15, 0.2) is 0 Å². The van der Waals surface area contributed by atoms with Crippen LogP contribution < -0.4 is 15.0 Å². The molecule has 1 saturated carbocycles. The normalized spacial score (nSPS) is 20.9. The van der Waals surface area contributed by atoms with E-state index in [1.54, 1.807) is 20.1 Å². The Kier molecular flexibility index (Phi) is 8.69. The summed E-state index contributed by atoms with van der Waals surface area (Å²) in [4.78, 5) is 31.7. The lowest BCUT2D eigenvalue weighted by Gasteiger charge is -2.40. The Morgan fingerprint density at radius 1 is 1.28 bits per heavy atom. The number of carbonyl (C=O) groups is 2. The van der Waals surface area contributed by atoms with Crippen LogP contribution in [-0.2, 0) is 14.3 Å². The fourth-order valence-corrected chi connectivity index (χ4v) is 3.75. The molecule has 3 rings (SSSR count). The Morgan fingerprint density at radius 3 is 2.69 bits per heavy atom. The van der Waals surface area contributed by atoms with Crippen molar-refractivity contribution in [1.29, 1.82) is 0 Å². The molecule has 3 atom stereocenters. The molecule has 9 nitrogen and oxygen atoms in total. The number of amides is 1. The SMILES string of the molecule is CCCCC(NC(=O)c1ccc(N2CC(OC)C2)c(OC[C@H]2C[C@@H]2CO)n1)C(=O)OCC. The molecule has 1 aliphatic heterocycles. The van der Waals surface area contributed by atoms with Gasteiger partial charge in [-0.2, -0.15) is 0 Å². The molecule has 0 spiro atoms. The van der Waals surface area contributed by atoms with Crippen LogP contribution in [-0.4, -0.2) is 74.1 Å². The predicted molar refractivity (Wildman–Crippen MR) is 119 cm³/mol. The lowest BCUT2D eigenvalue weighted by Crippen LogP contribution is -2.52. The number of aliphatic hydroxyl groups is 1. The molecule has 1 unspecified atom stereocenters. The van der Waals surface area contributed by atoms with Gasteiger partial charge in [-0.05, 0) is 43.7 Å². The first-order valence-electron chi connectivity index (χ1n) is 11.5. The second kappa shape index (κ2) is 11.5. The van der Waals surface area contributed by atoms with Crippen molar-refractivity contribution in [1.82, 2.24) is 10.3 Å². The molecule has 1 amide bonds. The average Bonchev–Trinajstić information content (AvgIpc) is 3.53. The molecule has 0 aromatic carbocycles. The van der Waals surface area contributed by atoms with E-state index in [9.17, 15) is 14.7 Å². The van der Waals surface area contributed by atoms with Crippen molar-refractivity contribution in [3.05, 3.63) is 17.8 Å². The highest BCUT2D eigenvalue weighted by Gasteiger charge is 2.37. The molecule has 2 N–H and O–H groups in total. The third kappa shape index (κ3) is 6.10. The molecule has 2 fully saturated rings. The fourth-order valence-electron chi connectivity index (χ4n) is 3.75. The molecular formula is C23H35N3O6. The lowest BCUT2D eigenvalue weighted by atomic mass is 10.1. The van der Waals surface area contributed by atoms with Gasteiger partial charge in [-0.25, -0.2) is 9.78 Å². The van der Waals surface area contributed by atoms with E-state index in [1.165, 1.54) is 0 Å². The van der Waals surface area contributed by atoms with Crippen molar-refractivity contribution in [2.45, 2.75) is 51.7 Å². The smallest absolute Gasteiger partial charge is 0.328 e. The molecule has 9 heteroatoms. The number of aliphatic hydroxyl groups excluding tert-OH is 1. The molecule has 178 valence electrons. The predicted octanol–water partition coefficient (Wildman–Crippen LogP) is 1.78. The summed E-state index contributed by atoms with van der Waals surface area (Å²) in [6, 6.07) is 2.76. The summed E-state index contributed by atoms with van der Waals surface area (Å²) in [5, 5.41) is 12.0. The number of nitrogens with zero attached hydrogens (tertiary/aromatic N) is 2. The molecule has 0 bridgehead atoms. The number of methoxy groups -OCH3 is 1. The van der Waals surface area contributed by atoms with Crippen molar-refractivity contribution in [3.63, 3.8) is 0 Å². The number of rotatable bonds is 13. The second-order valence-corrected chi connectivity index (χ2v) is 8.45. The Morgan fingerprint density at radius 2 is 2.06 bits per heavy atom. The summed E-state index contributed by atoms with van der Waals surface area (Å²) in [6.07, 6.45) is 3.31. The van der Waals surface area contributed by atoms with Crippen LogP contribution in [0.3, 0.4) is 0 Å². The first kappa shape index (κ1) is 24.3. The van der Waals surface area contributed by atoms with Gasteiger partial charge < -0.3 is 29.5 Å². The molecular weight excluding hydrogens is 414 g/mol. The van der Waals surface area contributed by atoms with Crippen LogP contribution in [0.4, 0.5) is 5.69 Å². The summed E-state index contributed by atoms with van der Waals surface area (Å²) in [5.41, 5.74) is 0.997. The molecule has 32 heavy (non-hydrogen) atoms. The summed E-state index contributed by atoms with van der Waals surface area (Å²) in [5.74, 6) is 0.0937. The number of aromatic nitrogens is 1. The monoisotopic (exact) mass is 449 g/mol. The summed E-state index contributed by atoms with van der Waals surface area (Å²) in [7, 11) is 1.69. The molecule has 0 radical (unpaired) electrons. The number of esters is 1. The minimum atomic E-state index is -0.706. The van der Waals surface area contributed by atoms with Crippen molar-refractivity contribution in [3.8, 4) is 5.88 Å². The lowest BCUT2D eigenvalue weighted by molar-refractivity contribution is -0.145. The number of carbonyl (C=O) groups excluding carboxylic acids is 2. The average molecular weight is 450 g/mol. The van der Waals surface area contributed by atoms with Crippen molar-refractivity contribution in [2.24, 2.45) is 11.8 Å². The van der Waals surface area contributed by atoms with Gasteiger partial charge in [0.2, 0.25) is 5.88 Å². The van der Waals surface area contributed by atoms with E-state index in [2.05, 4.69) is 15.2 Å². The molecule has 1 aromatic heterocycles. The van der Waals surface area contributed by atoms with Crippen LogP contribution in [0.25, 0.3) is 0 Å². The molecule has 2 heterocycles. The number of ether oxygens (including phenoxy) is 3. The largest absolute Gasteiger partial charge is 0.476 e. The quantitative estimate of drug-likeness (QED) is 0.439. The summed E-state index contributed by atoms with van der Waals surface area (Å²) in [6.45, 7) is 6.09. The van der Waals surface area contributed by atoms with Gasteiger partial charge in [0.25, 0.3) is 5.91 Å². The zero-order valence-corrected chi connectivity index (χ0v) is 19.2. The van der Waals surface area contributed by atoms with E-state index in [1.807, 2.05) is 13.0 Å². The first-order valence-corrected chi connectivity index (χ1v) is 11.5. The zero-order chi connectivity index (χ0) is 23.1. The van der Waals surface area contributed by atoms with E-state index in [-0.39, 0.29) is 30.9 Å². The van der Waals surface area contributed by atoms with Crippen molar-refractivity contribution < 1.29 is 28.9 Å². The van der Waals surface area contributed by atoms with E-state index in [0.29, 0.717) is 24.8 Å². The highest BCUT2D eigenvalue weighted by Crippen LogP contribution is 2.39. The Labute approximate surface area is 189 Å². The van der Waals surface area contributed by atoms with Crippen LogP contribution in [0.5, 0.6) is 5.88 Å². The van der Waals surface area contributed by atoms with Gasteiger partial charge in [0.05, 0.1) is 19.3 Å². The van der Waals surface area contributed by atoms with Gasteiger partial charge in [0.1, 0.15) is 17.4 Å². The van der Waals surface area contributed by atoms with Crippen LogP contribution in [0.1, 0.15) is 50.0 Å². The Bertz CT molecular complexity index is 783. The third-order valence-corrected chi connectivity index (χ3v) is 6.06. The summed E-state index contributed by atoms with van der Waals surface area (Å²) < 4.78 is 16.5. The number of hydrogen-bond acceptors (Lipinski definition) is 8. The third-order valence-electron chi connectivity index (χ3n) is 6.06. The molecule has 2 aliphatic rings. The number of nitrogens with one attached hydrogen (secondary N) is 1. The number of unbranched alkanes of at least 4 members (excludes halogenated alkanes) is 1. The minimum absolute atomic E-state index is 0.158. The topological polar surface area (TPSA) is 110 Å². The maximum absolute atomic E-state index is 12.9. The van der Waals surface area contributed by atoms with Crippen molar-refractivity contribution >= 4 is 17.6 Å². The maximum atomic E-state index is 12.9. The van der Waals surface area contributed by atoms with Gasteiger partial charge in [-0.15, -0.1) is 0 Å². The van der Waals surface area contributed by atoms with Crippen LogP contribution in [0.2, 0.25) is 0 Å². The minimum Gasteiger partial charge on any atom is -0.476 e. The molecule has 1 saturated heterocycles. The van der Waals surface area contributed by atoms with Gasteiger partial charge in [0, 0.05) is 26.8 Å². The highest BCUT2D eigenvalue weighted by atomic mass is 16.5. The Balaban J connectivity index is 1.72. The van der Waals surface area contributed by atoms with Gasteiger partial charge in [-0.1, -0.05) is 19.8 Å². The Hall–Kier alpha value is -2.39. The maximum Gasteiger partial charge on any atom is 0.328 e. The molecule has 1 aromatic rings. The van der Waals surface area contributed by atoms with Crippen LogP contribution >= 0.6 is 0 Å². The van der Waals surface area contributed by atoms with Crippen LogP contribution in [0, 0.1) is 11.8 Å². The van der Waals surface area contributed by atoms with E-state index >= 15 is 0 Å². The highest BCUT2D eigenvalue weighted by molar-refractivity contribution is 5.95. The zero-order valence-electron chi connectivity index (χ0n) is 19.2. The van der Waals surface area contributed by atoms with Gasteiger partial charge >= 0.3 is 5.97 Å². The van der Waals surface area contributed by atoms with E-state index in [4.69, 9.17) is 14.2 Å². The first-order chi connectivity index (χ1) is 15.5. The number of anilines is 1. The second-order valence-electron chi connectivity index (χ2n) is 8.45. The van der Waals surface area contributed by atoms with Gasteiger partial charge in [-0.3, -0.25) is 4.79 Å². The standard InChI is InChI=1S/C23H35N3O6/c1-4-6-7-19(23(29)31-5-2)24-21(28)18-8-9-20(26-11-17(12-26)30-3)22(25-18)32-14-16-10-15(16)13-27/h8-9,15-17,19,27H,4-7,10-14H2,1-3H3,(H,24,28)/t15-,16-,19?/m1/s1. The molecule has 1 aliphatic carbocycles. The number of hydrogen-bond donors (Lipinski definition) is 2. The van der Waals surface area contributed by atoms with E-state index < -0.39 is 17.9 Å². The number of pyridine rings is 1. The fraction of sp³-hybridized carbons (Fsp3) is 0.696. The van der Waals surface area contributed by atoms with Crippen molar-refractivity contribution in [2.75, 3.05) is 44.9 Å². The summed E-state index contributed by atoms with van der Waals surface area (Å²) >= 11 is 0. The van der Waals surface area contributed by atoms with Crippen LogP contribution in [0.15, 0.2) is 12.1 Å².